The first-order chi connectivity index (χ1) is 7.00. The van der Waals surface area contributed by atoms with E-state index in [0.717, 1.165) is 11.3 Å². The Morgan fingerprint density at radius 2 is 1.87 bits per heavy atom. The fourth-order valence-corrected chi connectivity index (χ4v) is 1.34. The summed E-state index contributed by atoms with van der Waals surface area (Å²) >= 11 is 4.83. The molecule has 0 bridgehead atoms. The normalized spacial score (nSPS) is 9.67. The maximum atomic E-state index is 10.7. The largest absolute Gasteiger partial charge is 0.389 e. The molecule has 4 N–H and O–H groups in total. The molecule has 1 aromatic carbocycles. The first kappa shape index (κ1) is 11.5. The van der Waals surface area contributed by atoms with Gasteiger partial charge in [-0.2, -0.15) is 0 Å². The molecule has 0 spiro atoms. The van der Waals surface area contributed by atoms with E-state index in [2.05, 4.69) is 0 Å². The lowest BCUT2D eigenvalue weighted by Crippen LogP contribution is -2.30. The Morgan fingerprint density at radius 3 is 2.27 bits per heavy atom. The van der Waals surface area contributed by atoms with Crippen molar-refractivity contribution >= 4 is 28.8 Å². The van der Waals surface area contributed by atoms with E-state index >= 15 is 0 Å². The summed E-state index contributed by atoms with van der Waals surface area (Å²) in [6, 6.07) is 7.32. The number of carbonyl (C=O) groups is 1. The number of thiocarbonyl (C=S) groups is 1. The fourth-order valence-electron chi connectivity index (χ4n) is 1.21. The Hall–Kier alpha value is -1.62. The van der Waals surface area contributed by atoms with Gasteiger partial charge in [0.05, 0.1) is 6.54 Å². The van der Waals surface area contributed by atoms with E-state index in [4.69, 9.17) is 23.7 Å². The van der Waals surface area contributed by atoms with Crippen LogP contribution in [-0.2, 0) is 4.79 Å². The van der Waals surface area contributed by atoms with Crippen LogP contribution in [0.2, 0.25) is 0 Å². The SMILES string of the molecule is CN(CC(N)=O)c1ccc(C(N)=S)cc1. The summed E-state index contributed by atoms with van der Waals surface area (Å²) in [5.41, 5.74) is 12.3. The molecule has 1 aromatic rings. The third kappa shape index (κ3) is 3.21. The summed E-state index contributed by atoms with van der Waals surface area (Å²) < 4.78 is 0. The van der Waals surface area contributed by atoms with Crippen LogP contribution in [0.4, 0.5) is 5.69 Å². The summed E-state index contributed by atoms with van der Waals surface area (Å²) in [4.78, 5) is 12.8. The second-order valence-corrected chi connectivity index (χ2v) is 3.67. The predicted molar refractivity (Wildman–Crippen MR) is 64.8 cm³/mol. The molecule has 0 aromatic heterocycles. The van der Waals surface area contributed by atoms with Crippen molar-refractivity contribution in [2.45, 2.75) is 0 Å². The number of benzene rings is 1. The van der Waals surface area contributed by atoms with E-state index in [1.807, 2.05) is 24.3 Å². The Kier molecular flexibility index (Phi) is 3.62. The molecule has 0 aliphatic heterocycles. The van der Waals surface area contributed by atoms with Gasteiger partial charge >= 0.3 is 0 Å². The fraction of sp³-hybridized carbons (Fsp3) is 0.200. The summed E-state index contributed by atoms with van der Waals surface area (Å²) in [5.74, 6) is -0.365. The quantitative estimate of drug-likeness (QED) is 0.717. The van der Waals surface area contributed by atoms with Gasteiger partial charge in [0.1, 0.15) is 4.99 Å². The summed E-state index contributed by atoms with van der Waals surface area (Å²) in [6.45, 7) is 0.187. The van der Waals surface area contributed by atoms with Crippen LogP contribution >= 0.6 is 12.2 Å². The van der Waals surface area contributed by atoms with Crippen molar-refractivity contribution in [3.8, 4) is 0 Å². The zero-order chi connectivity index (χ0) is 11.4. The minimum Gasteiger partial charge on any atom is -0.389 e. The maximum Gasteiger partial charge on any atom is 0.236 e. The molecule has 0 heterocycles. The smallest absolute Gasteiger partial charge is 0.236 e. The molecule has 5 heteroatoms. The molecule has 0 radical (unpaired) electrons. The number of amides is 1. The molecule has 15 heavy (non-hydrogen) atoms. The molecule has 1 rings (SSSR count). The minimum absolute atomic E-state index is 0.187. The molecule has 4 nitrogen and oxygen atoms in total. The highest BCUT2D eigenvalue weighted by Crippen LogP contribution is 2.13. The first-order valence-corrected chi connectivity index (χ1v) is 4.81. The molecule has 0 aliphatic rings. The predicted octanol–water partition coefficient (Wildman–Crippen LogP) is 0.242. The zero-order valence-electron chi connectivity index (χ0n) is 8.43. The Morgan fingerprint density at radius 1 is 1.33 bits per heavy atom. The van der Waals surface area contributed by atoms with Crippen molar-refractivity contribution in [3.05, 3.63) is 29.8 Å². The topological polar surface area (TPSA) is 72.3 Å². The lowest BCUT2D eigenvalue weighted by molar-refractivity contribution is -0.116. The van der Waals surface area contributed by atoms with Gasteiger partial charge in [-0.25, -0.2) is 0 Å². The standard InChI is InChI=1S/C10H13N3OS/c1-13(6-9(11)14)8-4-2-7(3-5-8)10(12)15/h2-5H,6H2,1H3,(H2,11,14)(H2,12,15). The van der Waals surface area contributed by atoms with Crippen molar-refractivity contribution < 1.29 is 4.79 Å². The van der Waals surface area contributed by atoms with Gasteiger partial charge in [0.25, 0.3) is 0 Å². The van der Waals surface area contributed by atoms with Crippen molar-refractivity contribution in [1.29, 1.82) is 0 Å². The van der Waals surface area contributed by atoms with Gasteiger partial charge in [0.15, 0.2) is 0 Å². The van der Waals surface area contributed by atoms with Crippen LogP contribution in [0, 0.1) is 0 Å². The summed E-state index contributed by atoms with van der Waals surface area (Å²) in [6.07, 6.45) is 0. The molecule has 1 amide bonds. The second kappa shape index (κ2) is 4.75. The lowest BCUT2D eigenvalue weighted by Gasteiger charge is -2.17. The van der Waals surface area contributed by atoms with Crippen LogP contribution in [0.1, 0.15) is 5.56 Å². The number of carbonyl (C=O) groups excluding carboxylic acids is 1. The van der Waals surface area contributed by atoms with E-state index in [1.165, 1.54) is 0 Å². The summed E-state index contributed by atoms with van der Waals surface area (Å²) in [7, 11) is 1.79. The lowest BCUT2D eigenvalue weighted by atomic mass is 10.2. The highest BCUT2D eigenvalue weighted by molar-refractivity contribution is 7.80. The van der Waals surface area contributed by atoms with Gasteiger partial charge in [0.2, 0.25) is 5.91 Å². The van der Waals surface area contributed by atoms with Crippen LogP contribution in [0.25, 0.3) is 0 Å². The Labute approximate surface area is 93.9 Å². The van der Waals surface area contributed by atoms with Gasteiger partial charge in [-0.1, -0.05) is 12.2 Å². The van der Waals surface area contributed by atoms with Crippen LogP contribution in [-0.4, -0.2) is 24.5 Å². The van der Waals surface area contributed by atoms with E-state index in [1.54, 1.807) is 11.9 Å². The van der Waals surface area contributed by atoms with E-state index in [-0.39, 0.29) is 12.5 Å². The Balaban J connectivity index is 2.79. The molecule has 0 atom stereocenters. The monoisotopic (exact) mass is 223 g/mol. The van der Waals surface area contributed by atoms with E-state index < -0.39 is 0 Å². The molecule has 0 saturated carbocycles. The van der Waals surface area contributed by atoms with Crippen molar-refractivity contribution in [2.24, 2.45) is 11.5 Å². The van der Waals surface area contributed by atoms with Crippen LogP contribution in [0.15, 0.2) is 24.3 Å². The number of nitrogens with zero attached hydrogens (tertiary/aromatic N) is 1. The van der Waals surface area contributed by atoms with Crippen molar-refractivity contribution in [1.82, 2.24) is 0 Å². The van der Waals surface area contributed by atoms with Crippen LogP contribution in [0.5, 0.6) is 0 Å². The summed E-state index contributed by atoms with van der Waals surface area (Å²) in [5, 5.41) is 0. The number of hydrogen-bond donors (Lipinski definition) is 2. The number of rotatable bonds is 4. The van der Waals surface area contributed by atoms with Gasteiger partial charge in [-0.05, 0) is 24.3 Å². The van der Waals surface area contributed by atoms with Gasteiger partial charge in [-0.15, -0.1) is 0 Å². The third-order valence-electron chi connectivity index (χ3n) is 1.99. The highest BCUT2D eigenvalue weighted by atomic mass is 32.1. The molecular weight excluding hydrogens is 210 g/mol. The number of hydrogen-bond acceptors (Lipinski definition) is 3. The first-order valence-electron chi connectivity index (χ1n) is 4.40. The third-order valence-corrected chi connectivity index (χ3v) is 2.22. The molecule has 0 aliphatic carbocycles. The molecular formula is C10H13N3OS. The highest BCUT2D eigenvalue weighted by Gasteiger charge is 2.04. The molecule has 0 unspecified atom stereocenters. The minimum atomic E-state index is -0.365. The maximum absolute atomic E-state index is 10.7. The number of primary amides is 1. The molecule has 80 valence electrons. The van der Waals surface area contributed by atoms with Crippen LogP contribution < -0.4 is 16.4 Å². The average Bonchev–Trinajstić information content (AvgIpc) is 2.17. The van der Waals surface area contributed by atoms with E-state index in [0.29, 0.717) is 4.99 Å². The molecule has 0 saturated heterocycles. The van der Waals surface area contributed by atoms with Gasteiger partial charge < -0.3 is 16.4 Å². The van der Waals surface area contributed by atoms with E-state index in [9.17, 15) is 4.79 Å². The zero-order valence-corrected chi connectivity index (χ0v) is 9.25. The number of nitrogens with two attached hydrogens (primary N) is 2. The van der Waals surface area contributed by atoms with Gasteiger partial charge in [-0.3, -0.25) is 4.79 Å². The molecule has 0 fully saturated rings. The second-order valence-electron chi connectivity index (χ2n) is 3.23. The number of likely N-dealkylation sites (N-methyl/N-ethyl adjacent to an activating group) is 1. The van der Waals surface area contributed by atoms with Gasteiger partial charge in [0, 0.05) is 18.3 Å². The van der Waals surface area contributed by atoms with Crippen LogP contribution in [0.3, 0.4) is 0 Å². The average molecular weight is 223 g/mol. The van der Waals surface area contributed by atoms with Crippen molar-refractivity contribution in [2.75, 3.05) is 18.5 Å². The number of anilines is 1. The van der Waals surface area contributed by atoms with Crippen molar-refractivity contribution in [3.63, 3.8) is 0 Å². The Bertz CT molecular complexity index is 375.